The highest BCUT2D eigenvalue weighted by molar-refractivity contribution is 5.21. The molecule has 1 N–H and O–H groups in total. The Morgan fingerprint density at radius 3 is 1.40 bits per heavy atom. The second-order valence-electron chi connectivity index (χ2n) is 4.44. The van der Waals surface area contributed by atoms with Crippen molar-refractivity contribution in [3.63, 3.8) is 0 Å². The van der Waals surface area contributed by atoms with E-state index in [9.17, 15) is 0 Å². The molecule has 15 heavy (non-hydrogen) atoms. The molecule has 0 heterocycles. The van der Waals surface area contributed by atoms with Gasteiger partial charge in [-0.15, -0.1) is 0 Å². The SMILES string of the molecule is C[C@@H](N[C@H](C)C1C=CC=C1)C1C=CC=C1. The molecule has 0 aromatic carbocycles. The first-order chi connectivity index (χ1) is 7.27. The van der Waals surface area contributed by atoms with Gasteiger partial charge in [-0.05, 0) is 13.8 Å². The highest BCUT2D eigenvalue weighted by atomic mass is 14.9. The molecule has 2 atom stereocenters. The van der Waals surface area contributed by atoms with Crippen LogP contribution in [0.1, 0.15) is 13.8 Å². The summed E-state index contributed by atoms with van der Waals surface area (Å²) in [5.74, 6) is 1.11. The number of rotatable bonds is 4. The third-order valence-corrected chi connectivity index (χ3v) is 3.24. The molecule has 0 saturated carbocycles. The second-order valence-corrected chi connectivity index (χ2v) is 4.44. The topological polar surface area (TPSA) is 12.0 Å². The number of hydrogen-bond donors (Lipinski definition) is 1. The lowest BCUT2D eigenvalue weighted by atomic mass is 9.98. The predicted octanol–water partition coefficient (Wildman–Crippen LogP) is 2.84. The predicted molar refractivity (Wildman–Crippen MR) is 65.6 cm³/mol. The monoisotopic (exact) mass is 201 g/mol. The van der Waals surface area contributed by atoms with Gasteiger partial charge in [-0.1, -0.05) is 48.6 Å². The maximum Gasteiger partial charge on any atom is 0.0139 e. The molecule has 0 amide bonds. The maximum atomic E-state index is 3.66. The van der Waals surface area contributed by atoms with Crippen LogP contribution in [0.25, 0.3) is 0 Å². The van der Waals surface area contributed by atoms with Gasteiger partial charge in [0.15, 0.2) is 0 Å². The van der Waals surface area contributed by atoms with E-state index in [1.165, 1.54) is 0 Å². The third kappa shape index (κ3) is 2.48. The molecule has 2 aliphatic carbocycles. The molecule has 0 spiro atoms. The Bertz CT molecular complexity index is 266. The molecule has 0 saturated heterocycles. The summed E-state index contributed by atoms with van der Waals surface area (Å²) in [6.07, 6.45) is 17.5. The van der Waals surface area contributed by atoms with Crippen molar-refractivity contribution >= 4 is 0 Å². The van der Waals surface area contributed by atoms with Crippen LogP contribution in [0.2, 0.25) is 0 Å². The average Bonchev–Trinajstić information content (AvgIpc) is 2.91. The molecular formula is C14H19N. The molecule has 1 nitrogen and oxygen atoms in total. The summed E-state index contributed by atoms with van der Waals surface area (Å²) in [5.41, 5.74) is 0. The van der Waals surface area contributed by atoms with Crippen LogP contribution in [0.3, 0.4) is 0 Å². The number of allylic oxidation sites excluding steroid dienone is 4. The molecule has 0 fully saturated rings. The Balaban J connectivity index is 1.85. The van der Waals surface area contributed by atoms with Crippen LogP contribution in [0.5, 0.6) is 0 Å². The first-order valence-electron chi connectivity index (χ1n) is 5.73. The minimum Gasteiger partial charge on any atom is -0.310 e. The molecule has 0 aromatic heterocycles. The highest BCUT2D eigenvalue weighted by Crippen LogP contribution is 2.18. The van der Waals surface area contributed by atoms with Gasteiger partial charge in [0, 0.05) is 23.9 Å². The zero-order valence-corrected chi connectivity index (χ0v) is 9.43. The van der Waals surface area contributed by atoms with E-state index in [2.05, 4.69) is 67.8 Å². The van der Waals surface area contributed by atoms with Crippen molar-refractivity contribution < 1.29 is 0 Å². The van der Waals surface area contributed by atoms with Gasteiger partial charge in [0.2, 0.25) is 0 Å². The van der Waals surface area contributed by atoms with Gasteiger partial charge in [-0.2, -0.15) is 0 Å². The minimum absolute atomic E-state index is 0.511. The van der Waals surface area contributed by atoms with Gasteiger partial charge >= 0.3 is 0 Å². The second kappa shape index (κ2) is 4.63. The molecule has 80 valence electrons. The standard InChI is InChI=1S/C14H19N/c1-11(13-7-3-4-8-13)15-12(2)14-9-5-6-10-14/h3-15H,1-2H3/t11-,12-/m1/s1. The van der Waals surface area contributed by atoms with Gasteiger partial charge in [0.1, 0.15) is 0 Å². The molecule has 2 rings (SSSR count). The third-order valence-electron chi connectivity index (χ3n) is 3.24. The highest BCUT2D eigenvalue weighted by Gasteiger charge is 2.19. The van der Waals surface area contributed by atoms with Crippen LogP contribution in [0.15, 0.2) is 48.6 Å². The van der Waals surface area contributed by atoms with Gasteiger partial charge in [-0.3, -0.25) is 0 Å². The molecule has 0 bridgehead atoms. The van der Waals surface area contributed by atoms with Crippen LogP contribution in [-0.4, -0.2) is 12.1 Å². The van der Waals surface area contributed by atoms with E-state index in [1.807, 2.05) is 0 Å². The summed E-state index contributed by atoms with van der Waals surface area (Å²) in [5, 5.41) is 3.66. The van der Waals surface area contributed by atoms with E-state index in [0.29, 0.717) is 23.9 Å². The largest absolute Gasteiger partial charge is 0.310 e. The van der Waals surface area contributed by atoms with E-state index in [4.69, 9.17) is 0 Å². The fourth-order valence-corrected chi connectivity index (χ4v) is 2.20. The van der Waals surface area contributed by atoms with Crippen molar-refractivity contribution in [1.82, 2.24) is 5.32 Å². The van der Waals surface area contributed by atoms with Crippen LogP contribution in [-0.2, 0) is 0 Å². The van der Waals surface area contributed by atoms with Crippen LogP contribution in [0.4, 0.5) is 0 Å². The fourth-order valence-electron chi connectivity index (χ4n) is 2.20. The number of hydrogen-bond acceptors (Lipinski definition) is 1. The maximum absolute atomic E-state index is 3.66. The van der Waals surface area contributed by atoms with Gasteiger partial charge < -0.3 is 5.32 Å². The molecule has 0 aromatic rings. The van der Waals surface area contributed by atoms with E-state index in [0.717, 1.165) is 0 Å². The fraction of sp³-hybridized carbons (Fsp3) is 0.429. The summed E-state index contributed by atoms with van der Waals surface area (Å²) in [6.45, 7) is 4.51. The van der Waals surface area contributed by atoms with E-state index >= 15 is 0 Å². The van der Waals surface area contributed by atoms with Crippen molar-refractivity contribution in [2.75, 3.05) is 0 Å². The Morgan fingerprint density at radius 1 is 0.733 bits per heavy atom. The normalized spacial score (nSPS) is 24.1. The van der Waals surface area contributed by atoms with E-state index < -0.39 is 0 Å². The zero-order chi connectivity index (χ0) is 10.7. The first-order valence-corrected chi connectivity index (χ1v) is 5.73. The van der Waals surface area contributed by atoms with Gasteiger partial charge in [0.05, 0.1) is 0 Å². The Morgan fingerprint density at radius 2 is 1.07 bits per heavy atom. The van der Waals surface area contributed by atoms with Crippen molar-refractivity contribution in [3.05, 3.63) is 48.6 Å². The Hall–Kier alpha value is -1.08. The summed E-state index contributed by atoms with van der Waals surface area (Å²) in [4.78, 5) is 0. The molecular weight excluding hydrogens is 182 g/mol. The average molecular weight is 201 g/mol. The lowest BCUT2D eigenvalue weighted by Crippen LogP contribution is -2.41. The molecule has 0 radical (unpaired) electrons. The molecule has 0 aliphatic heterocycles. The Kier molecular flexibility index (Phi) is 3.22. The van der Waals surface area contributed by atoms with Crippen molar-refractivity contribution in [2.24, 2.45) is 11.8 Å². The quantitative estimate of drug-likeness (QED) is 0.737. The summed E-state index contributed by atoms with van der Waals surface area (Å²) < 4.78 is 0. The van der Waals surface area contributed by atoms with Crippen LogP contribution < -0.4 is 5.32 Å². The molecule has 0 unspecified atom stereocenters. The van der Waals surface area contributed by atoms with Gasteiger partial charge in [-0.25, -0.2) is 0 Å². The van der Waals surface area contributed by atoms with Crippen LogP contribution >= 0.6 is 0 Å². The van der Waals surface area contributed by atoms with E-state index in [-0.39, 0.29) is 0 Å². The van der Waals surface area contributed by atoms with Crippen molar-refractivity contribution in [3.8, 4) is 0 Å². The lowest BCUT2D eigenvalue weighted by molar-refractivity contribution is 0.399. The molecule has 1 heteroatoms. The first kappa shape index (κ1) is 10.4. The summed E-state index contributed by atoms with van der Waals surface area (Å²) >= 11 is 0. The lowest BCUT2D eigenvalue weighted by Gasteiger charge is -2.25. The smallest absolute Gasteiger partial charge is 0.0139 e. The zero-order valence-electron chi connectivity index (χ0n) is 9.43. The minimum atomic E-state index is 0.511. The Labute approximate surface area is 92.3 Å². The summed E-state index contributed by atoms with van der Waals surface area (Å²) in [6, 6.07) is 1.02. The van der Waals surface area contributed by atoms with Gasteiger partial charge in [0.25, 0.3) is 0 Å². The molecule has 2 aliphatic rings. The summed E-state index contributed by atoms with van der Waals surface area (Å²) in [7, 11) is 0. The van der Waals surface area contributed by atoms with E-state index in [1.54, 1.807) is 0 Å². The van der Waals surface area contributed by atoms with Crippen molar-refractivity contribution in [2.45, 2.75) is 25.9 Å². The van der Waals surface area contributed by atoms with Crippen LogP contribution in [0, 0.1) is 11.8 Å². The van der Waals surface area contributed by atoms with Crippen molar-refractivity contribution in [1.29, 1.82) is 0 Å². The number of nitrogens with one attached hydrogen (secondary N) is 1.